The fourth-order valence-corrected chi connectivity index (χ4v) is 3.26. The molecule has 0 aliphatic heterocycles. The van der Waals surface area contributed by atoms with Gasteiger partial charge in [-0.15, -0.1) is 0 Å². The molecule has 2 N–H and O–H groups in total. The van der Waals surface area contributed by atoms with E-state index in [1.165, 1.54) is 6.20 Å². The molecule has 0 aliphatic carbocycles. The molecule has 0 radical (unpaired) electrons. The van der Waals surface area contributed by atoms with Crippen LogP contribution in [0.4, 0.5) is 0 Å². The van der Waals surface area contributed by atoms with E-state index in [1.807, 2.05) is 27.7 Å². The van der Waals surface area contributed by atoms with Crippen LogP contribution in [0, 0.1) is 0 Å². The summed E-state index contributed by atoms with van der Waals surface area (Å²) in [4.78, 5) is 0.224. The predicted molar refractivity (Wildman–Crippen MR) is 80.1 cm³/mol. The Kier molecular flexibility index (Phi) is 6.16. The number of nitrogens with zero attached hydrogens (tertiary/aromatic N) is 2. The summed E-state index contributed by atoms with van der Waals surface area (Å²) in [6.45, 7) is 10.2. The maximum Gasteiger partial charge on any atom is 0.244 e. The van der Waals surface area contributed by atoms with E-state index >= 15 is 0 Å². The summed E-state index contributed by atoms with van der Waals surface area (Å²) in [7, 11) is -3.51. The molecular weight excluding hydrogens is 276 g/mol. The Morgan fingerprint density at radius 3 is 2.50 bits per heavy atom. The number of likely N-dealkylation sites (N-methyl/N-ethyl adjacent to an activating group) is 1. The van der Waals surface area contributed by atoms with Crippen molar-refractivity contribution in [3.8, 4) is 0 Å². The van der Waals surface area contributed by atoms with Gasteiger partial charge in [0, 0.05) is 18.3 Å². The van der Waals surface area contributed by atoms with Crippen LogP contribution >= 0.6 is 0 Å². The van der Waals surface area contributed by atoms with Gasteiger partial charge in [-0.25, -0.2) is 13.1 Å². The maximum atomic E-state index is 12.3. The lowest BCUT2D eigenvalue weighted by molar-refractivity contribution is 0.388. The third-order valence-electron chi connectivity index (χ3n) is 3.63. The molecule has 1 rings (SSSR count). The van der Waals surface area contributed by atoms with Gasteiger partial charge in [-0.1, -0.05) is 20.8 Å². The lowest BCUT2D eigenvalue weighted by Gasteiger charge is -2.27. The SMILES string of the molecule is CCNCCn1cc(S(=O)(=O)NC(C)(CC)CC)cn1. The average Bonchev–Trinajstić information content (AvgIpc) is 2.88. The van der Waals surface area contributed by atoms with Gasteiger partial charge in [0.05, 0.1) is 12.7 Å². The summed E-state index contributed by atoms with van der Waals surface area (Å²) in [6.07, 6.45) is 4.47. The smallest absolute Gasteiger partial charge is 0.244 e. The van der Waals surface area contributed by atoms with Crippen molar-refractivity contribution >= 4 is 10.0 Å². The molecule has 116 valence electrons. The minimum atomic E-state index is -3.51. The maximum absolute atomic E-state index is 12.3. The summed E-state index contributed by atoms with van der Waals surface area (Å²) in [5.74, 6) is 0. The third kappa shape index (κ3) is 4.57. The highest BCUT2D eigenvalue weighted by Gasteiger charge is 2.28. The molecule has 7 heteroatoms. The third-order valence-corrected chi connectivity index (χ3v) is 5.22. The molecule has 1 aromatic heterocycles. The lowest BCUT2D eigenvalue weighted by atomic mass is 9.98. The van der Waals surface area contributed by atoms with Crippen molar-refractivity contribution in [2.45, 2.75) is 57.5 Å². The number of nitrogens with one attached hydrogen (secondary N) is 2. The molecule has 0 spiro atoms. The first-order valence-electron chi connectivity index (χ1n) is 7.14. The van der Waals surface area contributed by atoms with Gasteiger partial charge in [0.15, 0.2) is 0 Å². The molecule has 0 saturated carbocycles. The predicted octanol–water partition coefficient (Wildman–Crippen LogP) is 1.35. The molecule has 0 aromatic carbocycles. The second kappa shape index (κ2) is 7.19. The number of hydrogen-bond acceptors (Lipinski definition) is 4. The highest BCUT2D eigenvalue weighted by atomic mass is 32.2. The summed E-state index contributed by atoms with van der Waals surface area (Å²) in [6, 6.07) is 0. The van der Waals surface area contributed by atoms with E-state index in [4.69, 9.17) is 0 Å². The molecular formula is C13H26N4O2S. The minimum Gasteiger partial charge on any atom is -0.315 e. The molecule has 0 saturated heterocycles. The first-order valence-corrected chi connectivity index (χ1v) is 8.62. The molecule has 0 aliphatic rings. The molecule has 0 unspecified atom stereocenters. The van der Waals surface area contributed by atoms with Crippen molar-refractivity contribution in [1.82, 2.24) is 19.8 Å². The van der Waals surface area contributed by atoms with Gasteiger partial charge in [0.2, 0.25) is 10.0 Å². The Morgan fingerprint density at radius 2 is 1.95 bits per heavy atom. The number of aromatic nitrogens is 2. The van der Waals surface area contributed by atoms with Crippen LogP contribution in [0.5, 0.6) is 0 Å². The van der Waals surface area contributed by atoms with Crippen molar-refractivity contribution in [1.29, 1.82) is 0 Å². The second-order valence-electron chi connectivity index (χ2n) is 5.17. The molecule has 0 fully saturated rings. The number of hydrogen-bond donors (Lipinski definition) is 2. The van der Waals surface area contributed by atoms with Gasteiger partial charge in [-0.3, -0.25) is 4.68 Å². The Balaban J connectivity index is 2.78. The molecule has 1 heterocycles. The summed E-state index contributed by atoms with van der Waals surface area (Å²) in [5, 5.41) is 7.27. The fourth-order valence-electron chi connectivity index (χ4n) is 1.75. The zero-order valence-electron chi connectivity index (χ0n) is 12.8. The minimum absolute atomic E-state index is 0.224. The highest BCUT2D eigenvalue weighted by molar-refractivity contribution is 7.89. The van der Waals surface area contributed by atoms with Crippen molar-refractivity contribution in [2.75, 3.05) is 13.1 Å². The molecule has 6 nitrogen and oxygen atoms in total. The summed E-state index contributed by atoms with van der Waals surface area (Å²) in [5.41, 5.74) is -0.412. The van der Waals surface area contributed by atoms with E-state index in [1.54, 1.807) is 10.9 Å². The topological polar surface area (TPSA) is 76.0 Å². The van der Waals surface area contributed by atoms with E-state index < -0.39 is 15.6 Å². The Morgan fingerprint density at radius 1 is 1.30 bits per heavy atom. The molecule has 20 heavy (non-hydrogen) atoms. The van der Waals surface area contributed by atoms with Crippen molar-refractivity contribution < 1.29 is 8.42 Å². The summed E-state index contributed by atoms with van der Waals surface area (Å²) >= 11 is 0. The van der Waals surface area contributed by atoms with Gasteiger partial charge in [-0.2, -0.15) is 5.10 Å². The molecule has 0 bridgehead atoms. The van der Waals surface area contributed by atoms with Crippen LogP contribution in [0.25, 0.3) is 0 Å². The van der Waals surface area contributed by atoms with Crippen LogP contribution in [0.1, 0.15) is 40.5 Å². The zero-order chi connectivity index (χ0) is 15.2. The average molecular weight is 302 g/mol. The normalized spacial score (nSPS) is 12.8. The lowest BCUT2D eigenvalue weighted by Crippen LogP contribution is -2.44. The van der Waals surface area contributed by atoms with Crippen LogP contribution in [0.2, 0.25) is 0 Å². The van der Waals surface area contributed by atoms with E-state index in [0.717, 1.165) is 25.9 Å². The van der Waals surface area contributed by atoms with E-state index in [-0.39, 0.29) is 4.90 Å². The van der Waals surface area contributed by atoms with Crippen molar-refractivity contribution in [3.63, 3.8) is 0 Å². The van der Waals surface area contributed by atoms with Crippen LogP contribution in [-0.2, 0) is 16.6 Å². The molecule has 1 aromatic rings. The van der Waals surface area contributed by atoms with E-state index in [2.05, 4.69) is 15.1 Å². The van der Waals surface area contributed by atoms with Gasteiger partial charge >= 0.3 is 0 Å². The Bertz CT molecular complexity index is 506. The van der Waals surface area contributed by atoms with E-state index in [9.17, 15) is 8.42 Å². The van der Waals surface area contributed by atoms with Crippen LogP contribution in [-0.4, -0.2) is 36.8 Å². The standard InChI is InChI=1S/C13H26N4O2S/c1-5-13(4,6-2)16-20(18,19)12-10-15-17(11-12)9-8-14-7-3/h10-11,14,16H,5-9H2,1-4H3. The van der Waals surface area contributed by atoms with Crippen LogP contribution < -0.4 is 10.0 Å². The van der Waals surface area contributed by atoms with Crippen molar-refractivity contribution in [3.05, 3.63) is 12.4 Å². The second-order valence-corrected chi connectivity index (χ2v) is 6.85. The van der Waals surface area contributed by atoms with E-state index in [0.29, 0.717) is 6.54 Å². The first kappa shape index (κ1) is 17.1. The van der Waals surface area contributed by atoms with Crippen molar-refractivity contribution in [2.24, 2.45) is 0 Å². The monoisotopic (exact) mass is 302 g/mol. The Labute approximate surface area is 122 Å². The largest absolute Gasteiger partial charge is 0.315 e. The highest BCUT2D eigenvalue weighted by Crippen LogP contribution is 2.18. The quantitative estimate of drug-likeness (QED) is 0.675. The van der Waals surface area contributed by atoms with Gasteiger partial charge in [-0.05, 0) is 26.3 Å². The number of rotatable bonds is 9. The van der Waals surface area contributed by atoms with Crippen LogP contribution in [0.15, 0.2) is 17.3 Å². The Hall–Kier alpha value is -0.920. The first-order chi connectivity index (χ1) is 9.37. The molecule has 0 amide bonds. The number of sulfonamides is 1. The van der Waals surface area contributed by atoms with Gasteiger partial charge in [0.25, 0.3) is 0 Å². The van der Waals surface area contributed by atoms with Gasteiger partial charge in [0.1, 0.15) is 4.90 Å². The fraction of sp³-hybridized carbons (Fsp3) is 0.769. The molecule has 0 atom stereocenters. The van der Waals surface area contributed by atoms with Crippen LogP contribution in [0.3, 0.4) is 0 Å². The van der Waals surface area contributed by atoms with Gasteiger partial charge < -0.3 is 5.32 Å². The summed E-state index contributed by atoms with van der Waals surface area (Å²) < 4.78 is 29.1. The zero-order valence-corrected chi connectivity index (χ0v) is 13.6.